The van der Waals surface area contributed by atoms with Crippen molar-refractivity contribution in [2.24, 2.45) is 5.16 Å². The highest BCUT2D eigenvalue weighted by molar-refractivity contribution is 6.03. The molecule has 4 nitrogen and oxygen atoms in total. The molecule has 1 fully saturated rings. The van der Waals surface area contributed by atoms with Gasteiger partial charge in [-0.25, -0.2) is 0 Å². The second-order valence-corrected chi connectivity index (χ2v) is 6.07. The fraction of sp³-hybridized carbons (Fsp3) is 0.300. The Bertz CT molecular complexity index is 698. The smallest absolute Gasteiger partial charge is 0.228 e. The summed E-state index contributed by atoms with van der Waals surface area (Å²) in [6, 6.07) is 20.5. The lowest BCUT2D eigenvalue weighted by Gasteiger charge is -2.36. The van der Waals surface area contributed by atoms with E-state index in [0.717, 1.165) is 24.1 Å². The summed E-state index contributed by atoms with van der Waals surface area (Å²) in [6.07, 6.45) is 1.91. The van der Waals surface area contributed by atoms with Crippen molar-refractivity contribution in [1.29, 1.82) is 0 Å². The number of hydrogen-bond donors (Lipinski definition) is 0. The van der Waals surface area contributed by atoms with Crippen LogP contribution in [0.15, 0.2) is 65.8 Å². The summed E-state index contributed by atoms with van der Waals surface area (Å²) in [5.74, 6) is 0.113. The van der Waals surface area contributed by atoms with E-state index in [1.165, 1.54) is 12.7 Å². The number of carbonyl (C=O) groups excluding carboxylic acids is 1. The molecule has 0 saturated carbocycles. The molecular weight excluding hydrogens is 300 g/mol. The molecule has 0 radical (unpaired) electrons. The molecule has 1 atom stereocenters. The summed E-state index contributed by atoms with van der Waals surface area (Å²) in [6.45, 7) is 0.636. The van der Waals surface area contributed by atoms with E-state index in [2.05, 4.69) is 29.4 Å². The van der Waals surface area contributed by atoms with Crippen LogP contribution in [0.5, 0.6) is 0 Å². The van der Waals surface area contributed by atoms with Crippen molar-refractivity contribution >= 4 is 11.6 Å². The van der Waals surface area contributed by atoms with Crippen LogP contribution in [0.2, 0.25) is 0 Å². The van der Waals surface area contributed by atoms with Gasteiger partial charge in [0.15, 0.2) is 0 Å². The molecule has 2 aromatic rings. The van der Waals surface area contributed by atoms with E-state index in [-0.39, 0.29) is 11.9 Å². The minimum Gasteiger partial charge on any atom is -0.399 e. The molecule has 0 aliphatic carbocycles. The maximum absolute atomic E-state index is 12.7. The van der Waals surface area contributed by atoms with Crippen molar-refractivity contribution in [2.75, 3.05) is 7.11 Å². The predicted molar refractivity (Wildman–Crippen MR) is 94.6 cm³/mol. The van der Waals surface area contributed by atoms with Gasteiger partial charge < -0.3 is 9.74 Å². The van der Waals surface area contributed by atoms with Gasteiger partial charge in [-0.1, -0.05) is 65.8 Å². The molecule has 1 aliphatic rings. The van der Waals surface area contributed by atoms with Crippen LogP contribution < -0.4 is 0 Å². The van der Waals surface area contributed by atoms with Gasteiger partial charge in [0.1, 0.15) is 7.11 Å². The fourth-order valence-corrected chi connectivity index (χ4v) is 3.20. The first-order valence-corrected chi connectivity index (χ1v) is 8.22. The minimum atomic E-state index is 0.0998. The second-order valence-electron chi connectivity index (χ2n) is 6.07. The molecule has 0 bridgehead atoms. The highest BCUT2D eigenvalue weighted by atomic mass is 16.6. The number of oxime groups is 1. The molecule has 2 aromatic carbocycles. The number of hydrogen-bond acceptors (Lipinski definition) is 3. The Labute approximate surface area is 142 Å². The van der Waals surface area contributed by atoms with Crippen molar-refractivity contribution in [3.05, 3.63) is 71.8 Å². The average Bonchev–Trinajstić information content (AvgIpc) is 2.60. The summed E-state index contributed by atoms with van der Waals surface area (Å²) in [4.78, 5) is 19.6. The number of benzene rings is 2. The van der Waals surface area contributed by atoms with Crippen molar-refractivity contribution < 1.29 is 9.63 Å². The van der Waals surface area contributed by atoms with Crippen molar-refractivity contribution in [3.63, 3.8) is 0 Å². The van der Waals surface area contributed by atoms with Crippen LogP contribution in [0.1, 0.15) is 24.0 Å². The minimum absolute atomic E-state index is 0.0998. The van der Waals surface area contributed by atoms with E-state index >= 15 is 0 Å². The first kappa shape index (κ1) is 16.2. The number of piperidine rings is 1. The Morgan fingerprint density at radius 2 is 1.67 bits per heavy atom. The molecular formula is C20H22N2O2. The molecule has 0 unspecified atom stereocenters. The van der Waals surface area contributed by atoms with E-state index in [1.807, 2.05) is 41.3 Å². The van der Waals surface area contributed by atoms with Gasteiger partial charge in [0.05, 0.1) is 12.1 Å². The fourth-order valence-electron chi connectivity index (χ4n) is 3.20. The number of amides is 1. The molecule has 3 rings (SSSR count). The number of carbonyl (C=O) groups is 1. The van der Waals surface area contributed by atoms with Crippen LogP contribution in [0, 0.1) is 0 Å². The van der Waals surface area contributed by atoms with Gasteiger partial charge in [-0.3, -0.25) is 4.79 Å². The Morgan fingerprint density at radius 3 is 2.29 bits per heavy atom. The highest BCUT2D eigenvalue weighted by Gasteiger charge is 2.32. The van der Waals surface area contributed by atoms with Gasteiger partial charge in [-0.05, 0) is 17.5 Å². The third-order valence-electron chi connectivity index (χ3n) is 4.32. The zero-order valence-electron chi connectivity index (χ0n) is 13.9. The van der Waals surface area contributed by atoms with Gasteiger partial charge in [-0.2, -0.15) is 0 Å². The van der Waals surface area contributed by atoms with Gasteiger partial charge in [-0.15, -0.1) is 0 Å². The van der Waals surface area contributed by atoms with E-state index in [0.29, 0.717) is 13.0 Å². The Kier molecular flexibility index (Phi) is 5.26. The molecule has 0 spiro atoms. The summed E-state index contributed by atoms with van der Waals surface area (Å²) < 4.78 is 0. The standard InChI is InChI=1S/C20H22N2O2/c1-24-21-18-13-19(12-16-8-4-2-5-9-16)22(20(23)14-18)15-17-10-6-3-7-11-17/h2-11,19H,12-15H2,1H3/b21-18-/t19-/m1/s1. The Morgan fingerprint density at radius 1 is 1.04 bits per heavy atom. The normalized spacial score (nSPS) is 19.5. The van der Waals surface area contributed by atoms with Crippen molar-refractivity contribution in [2.45, 2.75) is 31.8 Å². The van der Waals surface area contributed by atoms with Crippen molar-refractivity contribution in [3.8, 4) is 0 Å². The molecule has 1 saturated heterocycles. The van der Waals surface area contributed by atoms with E-state index < -0.39 is 0 Å². The average molecular weight is 322 g/mol. The van der Waals surface area contributed by atoms with Gasteiger partial charge in [0.2, 0.25) is 5.91 Å². The zero-order valence-corrected chi connectivity index (χ0v) is 13.9. The van der Waals surface area contributed by atoms with Crippen LogP contribution in [-0.4, -0.2) is 29.7 Å². The van der Waals surface area contributed by atoms with Crippen LogP contribution >= 0.6 is 0 Å². The number of likely N-dealkylation sites (tertiary alicyclic amines) is 1. The third kappa shape index (κ3) is 4.02. The predicted octanol–water partition coefficient (Wildman–Crippen LogP) is 3.42. The van der Waals surface area contributed by atoms with Crippen LogP contribution in [0.4, 0.5) is 0 Å². The lowest BCUT2D eigenvalue weighted by molar-refractivity contribution is -0.134. The number of nitrogens with zero attached hydrogens (tertiary/aromatic N) is 2. The SMILES string of the molecule is CO/N=C1\CC(=O)N(Cc2ccccc2)[C@H](Cc2ccccc2)C1. The molecule has 4 heteroatoms. The molecule has 124 valence electrons. The molecule has 1 amide bonds. The van der Waals surface area contributed by atoms with E-state index in [1.54, 1.807) is 0 Å². The summed E-state index contributed by atoms with van der Waals surface area (Å²) in [7, 11) is 1.53. The summed E-state index contributed by atoms with van der Waals surface area (Å²) in [5.41, 5.74) is 3.20. The van der Waals surface area contributed by atoms with Gasteiger partial charge >= 0.3 is 0 Å². The lowest BCUT2D eigenvalue weighted by atomic mass is 9.93. The molecule has 1 aliphatic heterocycles. The van der Waals surface area contributed by atoms with Crippen molar-refractivity contribution in [1.82, 2.24) is 4.90 Å². The van der Waals surface area contributed by atoms with Crippen LogP contribution in [-0.2, 0) is 22.6 Å². The van der Waals surface area contributed by atoms with Crippen LogP contribution in [0.3, 0.4) is 0 Å². The monoisotopic (exact) mass is 322 g/mol. The third-order valence-corrected chi connectivity index (χ3v) is 4.32. The molecule has 0 aromatic heterocycles. The lowest BCUT2D eigenvalue weighted by Crippen LogP contribution is -2.47. The number of rotatable bonds is 5. The maximum atomic E-state index is 12.7. The highest BCUT2D eigenvalue weighted by Crippen LogP contribution is 2.23. The second kappa shape index (κ2) is 7.77. The first-order valence-electron chi connectivity index (χ1n) is 8.22. The maximum Gasteiger partial charge on any atom is 0.228 e. The van der Waals surface area contributed by atoms with E-state index in [9.17, 15) is 4.79 Å². The largest absolute Gasteiger partial charge is 0.399 e. The topological polar surface area (TPSA) is 41.9 Å². The van der Waals surface area contributed by atoms with E-state index in [4.69, 9.17) is 4.84 Å². The molecule has 0 N–H and O–H groups in total. The molecule has 24 heavy (non-hydrogen) atoms. The zero-order chi connectivity index (χ0) is 16.8. The Hall–Kier alpha value is -2.62. The first-order chi connectivity index (χ1) is 11.8. The quantitative estimate of drug-likeness (QED) is 0.792. The molecule has 1 heterocycles. The summed E-state index contributed by atoms with van der Waals surface area (Å²) >= 11 is 0. The summed E-state index contributed by atoms with van der Waals surface area (Å²) in [5, 5.41) is 4.04. The van der Waals surface area contributed by atoms with Crippen LogP contribution in [0.25, 0.3) is 0 Å². The van der Waals surface area contributed by atoms with Gasteiger partial charge in [0.25, 0.3) is 0 Å². The Balaban J connectivity index is 1.82. The van der Waals surface area contributed by atoms with Gasteiger partial charge in [0, 0.05) is 19.0 Å².